The summed E-state index contributed by atoms with van der Waals surface area (Å²) >= 11 is 44.9. The highest BCUT2D eigenvalue weighted by Crippen LogP contribution is 2.39. The number of carbonyl (C=O) groups excluding carboxylic acids is 3. The lowest BCUT2D eigenvalue weighted by Gasteiger charge is -2.32. The third-order valence-corrected chi connectivity index (χ3v) is 19.0. The lowest BCUT2D eigenvalue weighted by molar-refractivity contribution is 0.00578. The Morgan fingerprint density at radius 3 is 1.40 bits per heavy atom. The summed E-state index contributed by atoms with van der Waals surface area (Å²) in [4.78, 5) is 56.5. The van der Waals surface area contributed by atoms with Crippen LogP contribution in [0.5, 0.6) is 0 Å². The first-order valence-electron chi connectivity index (χ1n) is 23.2. The topological polar surface area (TPSA) is 183 Å². The Morgan fingerprint density at radius 2 is 0.975 bits per heavy atom. The van der Waals surface area contributed by atoms with Crippen molar-refractivity contribution in [1.29, 1.82) is 0 Å². The Morgan fingerprint density at radius 1 is 0.550 bits per heavy atom. The predicted octanol–water partition coefficient (Wildman–Crippen LogP) is 19.0. The van der Waals surface area contributed by atoms with Crippen LogP contribution in [-0.4, -0.2) is 56.4 Å². The number of amides is 2. The maximum absolute atomic E-state index is 12.5. The first-order valence-corrected chi connectivity index (χ1v) is 30.7. The normalized spacial score (nSPS) is 12.9. The van der Waals surface area contributed by atoms with Crippen molar-refractivity contribution in [2.45, 2.75) is 52.7 Å². The number of anilines is 2. The molecule has 6 aromatic heterocycles. The number of nitrogens with zero attached hydrogens (tertiary/aromatic N) is 2. The number of hydrogen-bond donors (Lipinski definition) is 3. The number of aromatic carboxylic acids is 1. The van der Waals surface area contributed by atoms with Crippen LogP contribution in [0.3, 0.4) is 0 Å². The van der Waals surface area contributed by atoms with Gasteiger partial charge in [-0.1, -0.05) is 70.7 Å². The molecule has 4 aromatic carbocycles. The molecule has 0 aliphatic carbocycles. The second-order valence-corrected chi connectivity index (χ2v) is 28.1. The van der Waals surface area contributed by atoms with Gasteiger partial charge < -0.3 is 33.9 Å². The van der Waals surface area contributed by atoms with Gasteiger partial charge in [-0.3, -0.25) is 14.4 Å². The molecule has 0 spiro atoms. The Bertz CT molecular complexity index is 3810. The lowest BCUT2D eigenvalue weighted by Crippen LogP contribution is -2.41. The molecule has 10 aromatic rings. The van der Waals surface area contributed by atoms with Crippen molar-refractivity contribution in [3.8, 4) is 10.4 Å². The average Bonchev–Trinajstić information content (AvgIpc) is 4.42. The first kappa shape index (κ1) is 63.2. The maximum atomic E-state index is 12.5. The molecule has 13 nitrogen and oxygen atoms in total. The van der Waals surface area contributed by atoms with E-state index in [-0.39, 0.29) is 11.8 Å². The summed E-state index contributed by atoms with van der Waals surface area (Å²) in [6, 6.07) is 35.5. The smallest absolute Gasteiger partial charge is 0.477 e. The van der Waals surface area contributed by atoms with Gasteiger partial charge in [-0.2, -0.15) is 0 Å². The second kappa shape index (κ2) is 27.8. The first-order chi connectivity index (χ1) is 37.8. The van der Waals surface area contributed by atoms with Gasteiger partial charge in [-0.05, 0) is 184 Å². The fourth-order valence-electron chi connectivity index (χ4n) is 6.87. The number of carboxylic acid groups (broad SMARTS) is 1. The van der Waals surface area contributed by atoms with E-state index in [2.05, 4.69) is 68.4 Å². The van der Waals surface area contributed by atoms with Crippen LogP contribution in [0.4, 0.5) is 11.4 Å². The highest BCUT2D eigenvalue weighted by Gasteiger charge is 2.52. The van der Waals surface area contributed by atoms with Gasteiger partial charge in [0.25, 0.3) is 17.1 Å². The van der Waals surface area contributed by atoms with Gasteiger partial charge in [0.05, 0.1) is 63.6 Å². The van der Waals surface area contributed by atoms with Crippen LogP contribution in [0.15, 0.2) is 142 Å². The number of para-hydroxylation sites is 2. The SMILES string of the molecule is Cc1nc2cc(Cl)c(-c3ccc(C(=O)Nc4ccccc4Cl)s3)cc2o1.Cc1nc2cc(Cl)c(B3OC(C)(C)C(C)(C)O3)cc2o1.O=C(Cl)c1ccc(Br)s1.O=C(Nc1ccccc1Cl)c1ccc(Br)s1.O=C(O)c1ccc(Br)s1. The Kier molecular flexibility index (Phi) is 21.9. The van der Waals surface area contributed by atoms with E-state index in [1.165, 1.54) is 45.3 Å². The van der Waals surface area contributed by atoms with Gasteiger partial charge in [0.2, 0.25) is 0 Å². The molecular weight excluding hydrogens is 1400 g/mol. The van der Waals surface area contributed by atoms with E-state index in [0.29, 0.717) is 79.4 Å². The van der Waals surface area contributed by atoms with Crippen molar-refractivity contribution < 1.29 is 42.4 Å². The zero-order valence-electron chi connectivity index (χ0n) is 42.4. The number of rotatable bonds is 8. The van der Waals surface area contributed by atoms with E-state index < -0.39 is 29.5 Å². The molecule has 0 bridgehead atoms. The van der Waals surface area contributed by atoms with Crippen LogP contribution in [0.25, 0.3) is 32.6 Å². The minimum atomic E-state index is -0.870. The molecule has 1 fully saturated rings. The largest absolute Gasteiger partial charge is 0.496 e. The van der Waals surface area contributed by atoms with Gasteiger partial charge in [0.15, 0.2) is 22.9 Å². The van der Waals surface area contributed by atoms with Crippen LogP contribution in [-0.2, 0) is 9.31 Å². The Balaban J connectivity index is 0.000000153. The van der Waals surface area contributed by atoms with Gasteiger partial charge in [-0.25, -0.2) is 14.8 Å². The molecule has 0 unspecified atom stereocenters. The summed E-state index contributed by atoms with van der Waals surface area (Å²) < 4.78 is 25.9. The van der Waals surface area contributed by atoms with Crippen molar-refractivity contribution in [3.63, 3.8) is 0 Å². The molecule has 0 atom stereocenters. The quantitative estimate of drug-likeness (QED) is 0.0972. The summed E-state index contributed by atoms with van der Waals surface area (Å²) in [5, 5.41) is 15.7. The van der Waals surface area contributed by atoms with Crippen molar-refractivity contribution in [1.82, 2.24) is 9.97 Å². The number of aryl methyl sites for hydroxylation is 2. The second-order valence-electron chi connectivity index (χ2n) is 17.6. The van der Waals surface area contributed by atoms with E-state index in [1.54, 1.807) is 79.7 Å². The number of halogens is 8. The number of thiophene rings is 4. The molecule has 1 aliphatic rings. The van der Waals surface area contributed by atoms with Crippen molar-refractivity contribution in [2.75, 3.05) is 10.6 Å². The summed E-state index contributed by atoms with van der Waals surface area (Å²) in [6.45, 7) is 11.6. The third kappa shape index (κ3) is 16.6. The predicted molar refractivity (Wildman–Crippen MR) is 339 cm³/mol. The van der Waals surface area contributed by atoms with E-state index in [9.17, 15) is 19.2 Å². The monoisotopic (exact) mass is 1440 g/mol. The molecule has 1 saturated heterocycles. The fourth-order valence-corrected chi connectivity index (χ4v) is 12.6. The van der Waals surface area contributed by atoms with Crippen molar-refractivity contribution >= 4 is 220 Å². The number of benzene rings is 4. The summed E-state index contributed by atoms with van der Waals surface area (Å²) in [7, 11) is -0.498. The molecule has 414 valence electrons. The third-order valence-electron chi connectivity index (χ3n) is 11.4. The molecule has 0 saturated carbocycles. The number of carboxylic acids is 1. The molecule has 3 N–H and O–H groups in total. The summed E-state index contributed by atoms with van der Waals surface area (Å²) in [5.41, 5.74) is 4.79. The minimum absolute atomic E-state index is 0.149. The zero-order valence-corrected chi connectivity index (χ0v) is 54.2. The van der Waals surface area contributed by atoms with Crippen LogP contribution in [0, 0.1) is 13.8 Å². The standard InChI is InChI=1S/C19H12Cl2N2O2S.C14H17BClNO3.C11H7BrClNOS.C5H2BrClOS.C5H3BrO2S/c1-10-22-15-9-13(21)11(8-16(15)25-10)17-6-7-18(26-17)19(24)23-14-5-3-2-4-12(14)20;1-8-17-11-7-10(16)9(6-12(11)18-8)15-19-13(2,3)14(4,5)20-15;12-10-6-5-9(16-10)11(15)14-8-4-2-1-3-7(8)13;2*6-4-2-1-3(9-4)5(7)8/h2-9H,1H3,(H,23,24);6-7H,1-5H3;1-6H,(H,14,15);1-2H;1-2H,(H,7,8). The van der Waals surface area contributed by atoms with Gasteiger partial charge in [0.1, 0.15) is 15.9 Å². The molecule has 1 aliphatic heterocycles. The summed E-state index contributed by atoms with van der Waals surface area (Å²) in [5.74, 6) is -0.0436. The number of hydrogen-bond acceptors (Lipinski definition) is 14. The number of oxazole rings is 2. The molecule has 7 heterocycles. The molecule has 80 heavy (non-hydrogen) atoms. The van der Waals surface area contributed by atoms with Crippen LogP contribution in [0.1, 0.15) is 78.2 Å². The molecule has 11 rings (SSSR count). The van der Waals surface area contributed by atoms with E-state index in [4.69, 9.17) is 81.3 Å². The van der Waals surface area contributed by atoms with E-state index in [1.807, 2.05) is 83.1 Å². The average molecular weight is 1450 g/mol. The highest BCUT2D eigenvalue weighted by atomic mass is 79.9. The number of aromatic nitrogens is 2. The number of nitrogens with one attached hydrogen (secondary N) is 2. The van der Waals surface area contributed by atoms with Crippen molar-refractivity contribution in [3.05, 3.63) is 184 Å². The molecule has 26 heteroatoms. The van der Waals surface area contributed by atoms with Gasteiger partial charge >= 0.3 is 13.1 Å². The van der Waals surface area contributed by atoms with Crippen LogP contribution >= 0.6 is 151 Å². The van der Waals surface area contributed by atoms with E-state index >= 15 is 0 Å². The number of fused-ring (bicyclic) bond motifs is 2. The number of carbonyl (C=O) groups is 4. The fraction of sp³-hybridized carbons (Fsp3) is 0.148. The highest BCUT2D eigenvalue weighted by molar-refractivity contribution is 9.11. The van der Waals surface area contributed by atoms with Crippen LogP contribution in [0.2, 0.25) is 20.1 Å². The van der Waals surface area contributed by atoms with Gasteiger partial charge in [-0.15, -0.1) is 45.3 Å². The minimum Gasteiger partial charge on any atom is -0.477 e. The maximum Gasteiger partial charge on any atom is 0.496 e. The van der Waals surface area contributed by atoms with E-state index in [0.717, 1.165) is 32.8 Å². The summed E-state index contributed by atoms with van der Waals surface area (Å²) in [6.07, 6.45) is 0. The van der Waals surface area contributed by atoms with Crippen LogP contribution < -0.4 is 16.1 Å². The molecule has 2 amide bonds. The lowest BCUT2D eigenvalue weighted by atomic mass is 9.79. The Labute approximate surface area is 525 Å². The molecular formula is C54H41BBr3Cl5N4O9S4. The van der Waals surface area contributed by atoms with Crippen molar-refractivity contribution in [2.24, 2.45) is 0 Å². The molecule has 0 radical (unpaired) electrons. The zero-order chi connectivity index (χ0) is 58.2. The Hall–Kier alpha value is -4.43. The van der Waals surface area contributed by atoms with Gasteiger partial charge in [0, 0.05) is 34.8 Å².